The molecule has 2 atom stereocenters. The van der Waals surface area contributed by atoms with Crippen LogP contribution >= 0.6 is 0 Å². The number of halogens is 3. The number of hydrogen-bond acceptors (Lipinski definition) is 4. The third kappa shape index (κ3) is 6.20. The Morgan fingerprint density at radius 3 is 2.55 bits per heavy atom. The summed E-state index contributed by atoms with van der Waals surface area (Å²) in [6, 6.07) is 7.73. The van der Waals surface area contributed by atoms with E-state index < -0.39 is 32.7 Å². The average Bonchev–Trinajstić information content (AvgIpc) is 2.72. The van der Waals surface area contributed by atoms with Gasteiger partial charge in [0.25, 0.3) is 0 Å². The standard InChI is InChI=1S/C23H25F3N2O4S/c1-14(28-33(31,32)19-7-4-6-18(13-19)23(24,25)26)11-22(30)27-21-8-3-5-17-12-16(15(2)29)9-10-20(17)21/h4,6-7,9-10,12-14,21,28H,3,5,8,11H2,1-2H3,(H,27,30)/t14-,21+/m0/s1. The predicted octanol–water partition coefficient (Wildman–Crippen LogP) is 4.16. The van der Waals surface area contributed by atoms with Gasteiger partial charge in [-0.25, -0.2) is 13.1 Å². The van der Waals surface area contributed by atoms with Gasteiger partial charge in [0.15, 0.2) is 5.78 Å². The fourth-order valence-electron chi connectivity index (χ4n) is 3.93. The Labute approximate surface area is 190 Å². The fraction of sp³-hybridized carbons (Fsp3) is 0.391. The zero-order valence-electron chi connectivity index (χ0n) is 18.2. The van der Waals surface area contributed by atoms with E-state index in [0.29, 0.717) is 18.1 Å². The number of Topliss-reactive ketones (excluding diaryl/α,β-unsaturated/α-hetero) is 1. The SMILES string of the molecule is CC(=O)c1ccc2c(c1)CCC[C@H]2NC(=O)C[C@H](C)NS(=O)(=O)c1cccc(C(F)(F)F)c1. The van der Waals surface area contributed by atoms with Crippen molar-refractivity contribution in [2.24, 2.45) is 0 Å². The van der Waals surface area contributed by atoms with Gasteiger partial charge in [-0.1, -0.05) is 18.2 Å². The molecule has 0 heterocycles. The third-order valence-corrected chi connectivity index (χ3v) is 7.11. The highest BCUT2D eigenvalue weighted by Gasteiger charge is 2.32. The van der Waals surface area contributed by atoms with Crippen LogP contribution < -0.4 is 10.0 Å². The maximum absolute atomic E-state index is 12.9. The lowest BCUT2D eigenvalue weighted by Gasteiger charge is -2.27. The van der Waals surface area contributed by atoms with E-state index in [1.54, 1.807) is 6.07 Å². The summed E-state index contributed by atoms with van der Waals surface area (Å²) in [5, 5.41) is 2.90. The summed E-state index contributed by atoms with van der Waals surface area (Å²) in [5.74, 6) is -0.423. The second kappa shape index (κ2) is 9.64. The summed E-state index contributed by atoms with van der Waals surface area (Å²) < 4.78 is 66.0. The number of nitrogens with one attached hydrogen (secondary N) is 2. The van der Waals surface area contributed by atoms with Crippen LogP contribution in [0.15, 0.2) is 47.4 Å². The van der Waals surface area contributed by atoms with E-state index in [9.17, 15) is 31.2 Å². The lowest BCUT2D eigenvalue weighted by molar-refractivity contribution is -0.137. The molecule has 0 unspecified atom stereocenters. The molecule has 0 aromatic heterocycles. The first kappa shape index (κ1) is 24.9. The van der Waals surface area contributed by atoms with Crippen LogP contribution in [0.5, 0.6) is 0 Å². The number of sulfonamides is 1. The largest absolute Gasteiger partial charge is 0.416 e. The Morgan fingerprint density at radius 2 is 1.88 bits per heavy atom. The second-order valence-corrected chi connectivity index (χ2v) is 9.95. The van der Waals surface area contributed by atoms with Gasteiger partial charge in [0.05, 0.1) is 16.5 Å². The van der Waals surface area contributed by atoms with E-state index in [1.807, 2.05) is 12.1 Å². The highest BCUT2D eigenvalue weighted by molar-refractivity contribution is 7.89. The molecule has 2 aromatic rings. The Morgan fingerprint density at radius 1 is 1.15 bits per heavy atom. The molecule has 178 valence electrons. The van der Waals surface area contributed by atoms with Gasteiger partial charge in [-0.05, 0) is 68.5 Å². The first-order chi connectivity index (χ1) is 15.4. The molecule has 0 saturated heterocycles. The molecule has 0 fully saturated rings. The molecular formula is C23H25F3N2O4S. The van der Waals surface area contributed by atoms with Crippen molar-refractivity contribution in [2.45, 2.75) is 62.7 Å². The average molecular weight is 483 g/mol. The first-order valence-electron chi connectivity index (χ1n) is 10.5. The van der Waals surface area contributed by atoms with Crippen LogP contribution in [0.25, 0.3) is 0 Å². The highest BCUT2D eigenvalue weighted by Crippen LogP contribution is 2.31. The summed E-state index contributed by atoms with van der Waals surface area (Å²) in [7, 11) is -4.24. The van der Waals surface area contributed by atoms with Crippen LogP contribution in [0, 0.1) is 0 Å². The molecule has 2 N–H and O–H groups in total. The third-order valence-electron chi connectivity index (χ3n) is 5.52. The number of benzene rings is 2. The van der Waals surface area contributed by atoms with Gasteiger partial charge in [-0.3, -0.25) is 9.59 Å². The van der Waals surface area contributed by atoms with E-state index in [1.165, 1.54) is 13.8 Å². The van der Waals surface area contributed by atoms with Crippen molar-refractivity contribution in [3.8, 4) is 0 Å². The van der Waals surface area contributed by atoms with Gasteiger partial charge in [-0.2, -0.15) is 13.2 Å². The molecule has 3 rings (SSSR count). The number of amides is 1. The molecule has 1 amide bonds. The van der Waals surface area contributed by atoms with E-state index in [4.69, 9.17) is 0 Å². The smallest absolute Gasteiger partial charge is 0.349 e. The van der Waals surface area contributed by atoms with Crippen molar-refractivity contribution in [1.29, 1.82) is 0 Å². The maximum atomic E-state index is 12.9. The number of aryl methyl sites for hydroxylation is 1. The number of fused-ring (bicyclic) bond motifs is 1. The molecule has 6 nitrogen and oxygen atoms in total. The fourth-order valence-corrected chi connectivity index (χ4v) is 5.22. The number of rotatable bonds is 7. The van der Waals surface area contributed by atoms with Crippen molar-refractivity contribution in [3.05, 3.63) is 64.7 Å². The van der Waals surface area contributed by atoms with E-state index >= 15 is 0 Å². The van der Waals surface area contributed by atoms with E-state index in [-0.39, 0.29) is 24.2 Å². The lowest BCUT2D eigenvalue weighted by Crippen LogP contribution is -2.39. The van der Waals surface area contributed by atoms with Crippen LogP contribution in [-0.4, -0.2) is 26.2 Å². The molecule has 0 saturated carbocycles. The molecular weight excluding hydrogens is 457 g/mol. The summed E-state index contributed by atoms with van der Waals surface area (Å²) in [6.07, 6.45) is -2.51. The van der Waals surface area contributed by atoms with Crippen molar-refractivity contribution in [2.75, 3.05) is 0 Å². The van der Waals surface area contributed by atoms with E-state index in [0.717, 1.165) is 42.2 Å². The minimum absolute atomic E-state index is 0.0363. The molecule has 1 aliphatic rings. The van der Waals surface area contributed by atoms with Gasteiger partial charge in [0, 0.05) is 18.0 Å². The summed E-state index contributed by atoms with van der Waals surface area (Å²) in [5.41, 5.74) is 1.47. The second-order valence-electron chi connectivity index (χ2n) is 8.23. The van der Waals surface area contributed by atoms with Gasteiger partial charge < -0.3 is 5.32 Å². The quantitative estimate of drug-likeness (QED) is 0.580. The topological polar surface area (TPSA) is 92.3 Å². The normalized spacial score (nSPS) is 17.2. The summed E-state index contributed by atoms with van der Waals surface area (Å²) >= 11 is 0. The lowest BCUT2D eigenvalue weighted by atomic mass is 9.86. The van der Waals surface area contributed by atoms with Crippen molar-refractivity contribution in [3.63, 3.8) is 0 Å². The first-order valence-corrected chi connectivity index (χ1v) is 12.0. The molecule has 0 aliphatic heterocycles. The number of ketones is 1. The monoisotopic (exact) mass is 482 g/mol. The van der Waals surface area contributed by atoms with Crippen LogP contribution in [0.1, 0.15) is 66.2 Å². The molecule has 0 bridgehead atoms. The zero-order chi connectivity index (χ0) is 24.4. The minimum Gasteiger partial charge on any atom is -0.349 e. The zero-order valence-corrected chi connectivity index (χ0v) is 19.0. The Balaban J connectivity index is 1.64. The van der Waals surface area contributed by atoms with Crippen molar-refractivity contribution in [1.82, 2.24) is 10.0 Å². The number of carbonyl (C=O) groups is 2. The van der Waals surface area contributed by atoms with E-state index in [2.05, 4.69) is 10.0 Å². The molecule has 0 radical (unpaired) electrons. The van der Waals surface area contributed by atoms with Gasteiger partial charge in [0.2, 0.25) is 15.9 Å². The van der Waals surface area contributed by atoms with Crippen molar-refractivity contribution >= 4 is 21.7 Å². The van der Waals surface area contributed by atoms with Crippen LogP contribution in [0.2, 0.25) is 0 Å². The van der Waals surface area contributed by atoms with Gasteiger partial charge >= 0.3 is 6.18 Å². The molecule has 1 aliphatic carbocycles. The Kier molecular flexibility index (Phi) is 7.28. The maximum Gasteiger partial charge on any atom is 0.416 e. The molecule has 33 heavy (non-hydrogen) atoms. The van der Waals surface area contributed by atoms with Crippen LogP contribution in [0.4, 0.5) is 13.2 Å². The number of carbonyl (C=O) groups excluding carboxylic acids is 2. The molecule has 0 spiro atoms. The van der Waals surface area contributed by atoms with Crippen LogP contribution in [-0.2, 0) is 27.4 Å². The summed E-state index contributed by atoms with van der Waals surface area (Å²) in [4.78, 5) is 23.7. The highest BCUT2D eigenvalue weighted by atomic mass is 32.2. The molecule has 10 heteroatoms. The molecule has 2 aromatic carbocycles. The number of alkyl halides is 3. The number of hydrogen-bond donors (Lipinski definition) is 2. The summed E-state index contributed by atoms with van der Waals surface area (Å²) in [6.45, 7) is 2.96. The van der Waals surface area contributed by atoms with Crippen molar-refractivity contribution < 1.29 is 31.2 Å². The van der Waals surface area contributed by atoms with Gasteiger partial charge in [-0.15, -0.1) is 0 Å². The van der Waals surface area contributed by atoms with Crippen LogP contribution in [0.3, 0.4) is 0 Å². The Hall–Kier alpha value is -2.72. The Bertz CT molecular complexity index is 1160. The van der Waals surface area contributed by atoms with Gasteiger partial charge in [0.1, 0.15) is 0 Å². The predicted molar refractivity (Wildman–Crippen MR) is 116 cm³/mol. The minimum atomic E-state index is -4.67.